The zero-order chi connectivity index (χ0) is 27.7. The Kier molecular flexibility index (Phi) is 7.28. The van der Waals surface area contributed by atoms with Gasteiger partial charge in [0, 0.05) is 11.3 Å². The number of aliphatic hydroxyl groups excluding tert-OH is 1. The average molecular weight is 564 g/mol. The number of ketones is 1. The van der Waals surface area contributed by atoms with Gasteiger partial charge in [0.2, 0.25) is 0 Å². The SMILES string of the molecule is COc1c(Cl)cc(/C(O)=C2\C(=O)C(=O)N(c3ccc(F)cc3)C2c2cccc(Oc3ccccc3)c2)cc1Cl. The van der Waals surface area contributed by atoms with Crippen molar-refractivity contribution in [1.29, 1.82) is 0 Å². The maximum Gasteiger partial charge on any atom is 0.300 e. The lowest BCUT2D eigenvalue weighted by Gasteiger charge is -2.26. The van der Waals surface area contributed by atoms with Crippen LogP contribution in [0.15, 0.2) is 96.6 Å². The predicted octanol–water partition coefficient (Wildman–Crippen LogP) is 7.56. The number of benzene rings is 4. The largest absolute Gasteiger partial charge is 0.507 e. The molecule has 4 aromatic carbocycles. The fraction of sp³-hybridized carbons (Fsp3) is 0.0667. The molecule has 1 aliphatic heterocycles. The number of Topliss-reactive ketones (excluding diaryl/α,β-unsaturated/α-hetero) is 1. The van der Waals surface area contributed by atoms with E-state index in [1.54, 1.807) is 36.4 Å². The quantitative estimate of drug-likeness (QED) is 0.149. The summed E-state index contributed by atoms with van der Waals surface area (Å²) in [5, 5.41) is 11.6. The molecule has 0 aromatic heterocycles. The van der Waals surface area contributed by atoms with Gasteiger partial charge in [0.1, 0.15) is 23.1 Å². The number of rotatable bonds is 6. The van der Waals surface area contributed by atoms with Crippen LogP contribution in [-0.2, 0) is 9.59 Å². The molecule has 1 atom stereocenters. The number of hydrogen-bond acceptors (Lipinski definition) is 5. The van der Waals surface area contributed by atoms with Gasteiger partial charge in [-0.05, 0) is 66.2 Å². The molecule has 1 heterocycles. The van der Waals surface area contributed by atoms with E-state index in [-0.39, 0.29) is 32.6 Å². The Hall–Kier alpha value is -4.33. The maximum atomic E-state index is 13.7. The first kappa shape index (κ1) is 26.3. The van der Waals surface area contributed by atoms with E-state index in [0.717, 1.165) is 0 Å². The molecule has 39 heavy (non-hydrogen) atoms. The van der Waals surface area contributed by atoms with E-state index >= 15 is 0 Å². The predicted molar refractivity (Wildman–Crippen MR) is 147 cm³/mol. The number of amides is 1. The Morgan fingerprint density at radius 1 is 0.872 bits per heavy atom. The smallest absolute Gasteiger partial charge is 0.300 e. The van der Waals surface area contributed by atoms with Gasteiger partial charge in [0.05, 0.1) is 28.8 Å². The highest BCUT2D eigenvalue weighted by Gasteiger charge is 2.47. The molecule has 6 nitrogen and oxygen atoms in total. The van der Waals surface area contributed by atoms with E-state index in [9.17, 15) is 19.1 Å². The second-order valence-electron chi connectivity index (χ2n) is 8.61. The highest BCUT2D eigenvalue weighted by Crippen LogP contribution is 2.44. The van der Waals surface area contributed by atoms with Gasteiger partial charge in [-0.2, -0.15) is 0 Å². The summed E-state index contributed by atoms with van der Waals surface area (Å²) in [7, 11) is 1.39. The number of methoxy groups -OCH3 is 1. The number of halogens is 3. The van der Waals surface area contributed by atoms with Gasteiger partial charge in [-0.25, -0.2) is 4.39 Å². The van der Waals surface area contributed by atoms with E-state index in [4.69, 9.17) is 32.7 Å². The Morgan fingerprint density at radius 2 is 1.51 bits per heavy atom. The van der Waals surface area contributed by atoms with Crippen LogP contribution in [0.4, 0.5) is 10.1 Å². The third-order valence-corrected chi connectivity index (χ3v) is 6.74. The van der Waals surface area contributed by atoms with Crippen molar-refractivity contribution in [2.45, 2.75) is 6.04 Å². The molecule has 1 amide bonds. The minimum absolute atomic E-state index is 0.106. The van der Waals surface area contributed by atoms with Gasteiger partial charge in [-0.1, -0.05) is 53.5 Å². The van der Waals surface area contributed by atoms with E-state index in [0.29, 0.717) is 17.1 Å². The number of aliphatic hydroxyl groups is 1. The minimum Gasteiger partial charge on any atom is -0.507 e. The van der Waals surface area contributed by atoms with Crippen molar-refractivity contribution in [1.82, 2.24) is 0 Å². The van der Waals surface area contributed by atoms with Gasteiger partial charge >= 0.3 is 0 Å². The second kappa shape index (κ2) is 10.8. The lowest BCUT2D eigenvalue weighted by atomic mass is 9.95. The van der Waals surface area contributed by atoms with Crippen molar-refractivity contribution in [3.05, 3.63) is 124 Å². The molecule has 0 bridgehead atoms. The summed E-state index contributed by atoms with van der Waals surface area (Å²) >= 11 is 12.6. The molecule has 1 fully saturated rings. The Bertz CT molecular complexity index is 1580. The monoisotopic (exact) mass is 563 g/mol. The lowest BCUT2D eigenvalue weighted by Crippen LogP contribution is -2.29. The van der Waals surface area contributed by atoms with Crippen molar-refractivity contribution in [2.24, 2.45) is 0 Å². The van der Waals surface area contributed by atoms with Crippen molar-refractivity contribution >= 4 is 46.3 Å². The average Bonchev–Trinajstić information content (AvgIpc) is 3.19. The number of carbonyl (C=O) groups is 2. The summed E-state index contributed by atoms with van der Waals surface area (Å²) in [5.41, 5.74) is 0.657. The number of hydrogen-bond donors (Lipinski definition) is 1. The highest BCUT2D eigenvalue weighted by atomic mass is 35.5. The number of para-hydroxylation sites is 1. The summed E-state index contributed by atoms with van der Waals surface area (Å²) < 4.78 is 24.9. The molecule has 9 heteroatoms. The van der Waals surface area contributed by atoms with Gasteiger partial charge in [-0.15, -0.1) is 0 Å². The van der Waals surface area contributed by atoms with Crippen LogP contribution < -0.4 is 14.4 Å². The molecule has 4 aromatic rings. The third kappa shape index (κ3) is 5.06. The second-order valence-corrected chi connectivity index (χ2v) is 9.42. The Balaban J connectivity index is 1.68. The standard InChI is InChI=1S/C30H20Cl2FNO5/c1-38-29-23(31)15-18(16-24(29)32)27(35)25-26(34(30(37)28(25)36)20-12-10-19(33)11-13-20)17-6-5-9-22(14-17)39-21-7-3-2-4-8-21/h2-16,26,35H,1H3/b27-25+. The van der Waals surface area contributed by atoms with E-state index in [1.807, 2.05) is 18.2 Å². The normalized spacial score (nSPS) is 16.4. The zero-order valence-electron chi connectivity index (χ0n) is 20.4. The summed E-state index contributed by atoms with van der Waals surface area (Å²) in [6.45, 7) is 0. The lowest BCUT2D eigenvalue weighted by molar-refractivity contribution is -0.132. The van der Waals surface area contributed by atoms with Crippen LogP contribution >= 0.6 is 23.2 Å². The summed E-state index contributed by atoms with van der Waals surface area (Å²) in [4.78, 5) is 28.0. The summed E-state index contributed by atoms with van der Waals surface area (Å²) in [6.07, 6.45) is 0. The first-order chi connectivity index (χ1) is 18.8. The Labute approximate surface area is 233 Å². The van der Waals surface area contributed by atoms with Crippen LogP contribution in [0.5, 0.6) is 17.2 Å². The highest BCUT2D eigenvalue weighted by molar-refractivity contribution is 6.51. The number of ether oxygens (including phenoxy) is 2. The minimum atomic E-state index is -1.07. The van der Waals surface area contributed by atoms with Gasteiger partial charge in [0.15, 0.2) is 5.75 Å². The maximum absolute atomic E-state index is 13.7. The third-order valence-electron chi connectivity index (χ3n) is 6.18. The van der Waals surface area contributed by atoms with Crippen LogP contribution in [0.3, 0.4) is 0 Å². The molecule has 5 rings (SSSR count). The van der Waals surface area contributed by atoms with Crippen LogP contribution in [0.1, 0.15) is 17.2 Å². The zero-order valence-corrected chi connectivity index (χ0v) is 21.9. The summed E-state index contributed by atoms with van der Waals surface area (Å²) in [5.74, 6) is -1.59. The van der Waals surface area contributed by atoms with E-state index in [1.165, 1.54) is 48.4 Å². The van der Waals surface area contributed by atoms with Crippen LogP contribution in [0, 0.1) is 5.82 Å². The number of carbonyl (C=O) groups excluding carboxylic acids is 2. The van der Waals surface area contributed by atoms with Crippen LogP contribution in [0.25, 0.3) is 5.76 Å². The Morgan fingerprint density at radius 3 is 2.15 bits per heavy atom. The molecule has 0 saturated carbocycles. The summed E-state index contributed by atoms with van der Waals surface area (Å²) in [6, 6.07) is 22.7. The van der Waals surface area contributed by atoms with Crippen molar-refractivity contribution < 1.29 is 28.6 Å². The molecule has 0 spiro atoms. The van der Waals surface area contributed by atoms with Crippen LogP contribution in [0.2, 0.25) is 10.0 Å². The first-order valence-corrected chi connectivity index (χ1v) is 12.5. The van der Waals surface area contributed by atoms with Gasteiger partial charge in [-0.3, -0.25) is 14.5 Å². The van der Waals surface area contributed by atoms with E-state index in [2.05, 4.69) is 0 Å². The molecule has 1 aliphatic rings. The van der Waals surface area contributed by atoms with Crippen molar-refractivity contribution in [3.63, 3.8) is 0 Å². The molecule has 0 aliphatic carbocycles. The van der Waals surface area contributed by atoms with E-state index < -0.39 is 29.3 Å². The van der Waals surface area contributed by atoms with Gasteiger partial charge < -0.3 is 14.6 Å². The topological polar surface area (TPSA) is 76.1 Å². The van der Waals surface area contributed by atoms with Gasteiger partial charge in [0.25, 0.3) is 11.7 Å². The molecule has 0 radical (unpaired) electrons. The number of nitrogens with zero attached hydrogens (tertiary/aromatic N) is 1. The molecule has 1 N–H and O–H groups in total. The molecular weight excluding hydrogens is 544 g/mol. The van der Waals surface area contributed by atoms with Crippen LogP contribution in [-0.4, -0.2) is 23.9 Å². The first-order valence-electron chi connectivity index (χ1n) is 11.7. The fourth-order valence-electron chi connectivity index (χ4n) is 4.44. The molecule has 1 saturated heterocycles. The molecule has 196 valence electrons. The fourth-order valence-corrected chi connectivity index (χ4v) is 5.08. The molecular formula is C30H20Cl2FNO5. The number of anilines is 1. The molecule has 1 unspecified atom stereocenters. The van der Waals surface area contributed by atoms with Crippen molar-refractivity contribution in [3.8, 4) is 17.2 Å². The van der Waals surface area contributed by atoms with Crippen molar-refractivity contribution in [2.75, 3.05) is 12.0 Å².